The van der Waals surface area contributed by atoms with Gasteiger partial charge >= 0.3 is 7.32 Å². The van der Waals surface area contributed by atoms with Crippen LogP contribution in [0.4, 0.5) is 0 Å². The maximum atomic E-state index is 9.10. The molecule has 0 heterocycles. The SMILES string of the molecule is CC(C)(O)C(C)(C)O.CC(C)O.OB(O)O. The molecule has 6 N–H and O–H groups in total. The van der Waals surface area contributed by atoms with Gasteiger partial charge in [0.2, 0.25) is 0 Å². The van der Waals surface area contributed by atoms with E-state index in [1.54, 1.807) is 41.5 Å². The summed E-state index contributed by atoms with van der Waals surface area (Å²) in [6.45, 7) is 9.75. The molecule has 16 heavy (non-hydrogen) atoms. The van der Waals surface area contributed by atoms with Crippen LogP contribution in [-0.2, 0) is 0 Å². The van der Waals surface area contributed by atoms with Gasteiger partial charge in [-0.05, 0) is 41.5 Å². The van der Waals surface area contributed by atoms with E-state index in [0.717, 1.165) is 0 Å². The first kappa shape index (κ1) is 21.1. The molecule has 100 valence electrons. The van der Waals surface area contributed by atoms with Gasteiger partial charge in [0.15, 0.2) is 0 Å². The lowest BCUT2D eigenvalue weighted by molar-refractivity contribution is -0.107. The van der Waals surface area contributed by atoms with Gasteiger partial charge in [-0.25, -0.2) is 0 Å². The predicted molar refractivity (Wildman–Crippen MR) is 62.4 cm³/mol. The van der Waals surface area contributed by atoms with Crippen LogP contribution >= 0.6 is 0 Å². The van der Waals surface area contributed by atoms with Crippen molar-refractivity contribution in [1.29, 1.82) is 0 Å². The first-order valence-electron chi connectivity index (χ1n) is 4.88. The molecule has 7 heteroatoms. The second-order valence-electron chi connectivity index (χ2n) is 4.56. The van der Waals surface area contributed by atoms with Crippen molar-refractivity contribution in [1.82, 2.24) is 0 Å². The molecular formula is C9H25BO6. The third-order valence-corrected chi connectivity index (χ3v) is 1.50. The molecule has 0 rings (SSSR count). The number of aliphatic hydroxyl groups excluding tert-OH is 1. The van der Waals surface area contributed by atoms with Crippen LogP contribution in [0.25, 0.3) is 0 Å². The standard InChI is InChI=1S/C6H14O2.C3H8O.BH3O3/c1-5(2,7)6(3,4)8;1-3(2)4;2-1(3)4/h7-8H,1-4H3;3-4H,1-2H3;2-4H. The quantitative estimate of drug-likeness (QED) is 0.322. The maximum Gasteiger partial charge on any atom is 0.631 e. The Labute approximate surface area is 97.4 Å². The largest absolute Gasteiger partial charge is 0.631 e. The van der Waals surface area contributed by atoms with Gasteiger partial charge < -0.3 is 30.4 Å². The molecule has 0 bridgehead atoms. The predicted octanol–water partition coefficient (Wildman–Crippen LogP) is -1.14. The Balaban J connectivity index is -0.000000179. The van der Waals surface area contributed by atoms with E-state index in [-0.39, 0.29) is 6.10 Å². The third-order valence-electron chi connectivity index (χ3n) is 1.50. The fraction of sp³-hybridized carbons (Fsp3) is 1.00. The first-order chi connectivity index (χ1) is 6.71. The van der Waals surface area contributed by atoms with E-state index >= 15 is 0 Å². The number of hydrogen-bond acceptors (Lipinski definition) is 6. The van der Waals surface area contributed by atoms with E-state index in [4.69, 9.17) is 30.4 Å². The average molecular weight is 240 g/mol. The zero-order valence-corrected chi connectivity index (χ0v) is 10.8. The Morgan fingerprint density at radius 3 is 0.875 bits per heavy atom. The van der Waals surface area contributed by atoms with Crippen LogP contribution in [0.15, 0.2) is 0 Å². The molecule has 0 aromatic rings. The Kier molecular flexibility index (Phi) is 11.8. The van der Waals surface area contributed by atoms with Gasteiger partial charge in [0.05, 0.1) is 11.2 Å². The molecule has 0 aliphatic carbocycles. The van der Waals surface area contributed by atoms with Crippen LogP contribution in [0.5, 0.6) is 0 Å². The number of hydrogen-bond donors (Lipinski definition) is 6. The van der Waals surface area contributed by atoms with Gasteiger partial charge in [0.25, 0.3) is 0 Å². The Bertz CT molecular complexity index is 124. The fourth-order valence-electron chi connectivity index (χ4n) is 0. The second-order valence-corrected chi connectivity index (χ2v) is 4.56. The van der Waals surface area contributed by atoms with Crippen LogP contribution in [0.1, 0.15) is 41.5 Å². The van der Waals surface area contributed by atoms with Gasteiger partial charge in [-0.15, -0.1) is 0 Å². The van der Waals surface area contributed by atoms with Crippen molar-refractivity contribution in [2.45, 2.75) is 58.8 Å². The molecule has 0 aromatic heterocycles. The zero-order valence-electron chi connectivity index (χ0n) is 10.8. The summed E-state index contributed by atoms with van der Waals surface area (Å²) in [5, 5.41) is 47.8. The molecular weight excluding hydrogens is 215 g/mol. The van der Waals surface area contributed by atoms with Crippen molar-refractivity contribution in [2.75, 3.05) is 0 Å². The van der Waals surface area contributed by atoms with E-state index in [1.807, 2.05) is 0 Å². The van der Waals surface area contributed by atoms with Crippen LogP contribution < -0.4 is 0 Å². The summed E-state index contributed by atoms with van der Waals surface area (Å²) in [6.07, 6.45) is -0.167. The van der Waals surface area contributed by atoms with Crippen molar-refractivity contribution < 1.29 is 30.4 Å². The minimum atomic E-state index is -2.17. The summed E-state index contributed by atoms with van der Waals surface area (Å²) in [6, 6.07) is 0. The van der Waals surface area contributed by atoms with Crippen LogP contribution in [0.3, 0.4) is 0 Å². The number of aliphatic hydroxyl groups is 3. The normalized spacial score (nSPS) is 11.1. The Morgan fingerprint density at radius 2 is 0.875 bits per heavy atom. The lowest BCUT2D eigenvalue weighted by Gasteiger charge is -2.31. The van der Waals surface area contributed by atoms with E-state index in [1.165, 1.54) is 0 Å². The van der Waals surface area contributed by atoms with Gasteiger partial charge in [-0.1, -0.05) is 0 Å². The maximum absolute atomic E-state index is 9.10. The van der Waals surface area contributed by atoms with E-state index in [2.05, 4.69) is 0 Å². The Hall–Kier alpha value is -0.175. The molecule has 0 atom stereocenters. The summed E-state index contributed by atoms with van der Waals surface area (Å²) >= 11 is 0. The highest BCUT2D eigenvalue weighted by atomic mass is 16.5. The zero-order chi connectivity index (χ0) is 14.2. The molecule has 0 spiro atoms. The van der Waals surface area contributed by atoms with Crippen molar-refractivity contribution in [3.05, 3.63) is 0 Å². The molecule has 0 radical (unpaired) electrons. The second kappa shape index (κ2) is 8.92. The van der Waals surface area contributed by atoms with Crippen molar-refractivity contribution in [3.8, 4) is 0 Å². The molecule has 0 amide bonds. The summed E-state index contributed by atoms with van der Waals surface area (Å²) in [5.74, 6) is 0. The van der Waals surface area contributed by atoms with Gasteiger partial charge in [-0.2, -0.15) is 0 Å². The minimum Gasteiger partial charge on any atom is -0.402 e. The molecule has 0 saturated heterocycles. The van der Waals surface area contributed by atoms with Crippen LogP contribution in [0, 0.1) is 0 Å². The summed E-state index contributed by atoms with van der Waals surface area (Å²) in [4.78, 5) is 0. The lowest BCUT2D eigenvalue weighted by atomic mass is 9.90. The van der Waals surface area contributed by atoms with Gasteiger partial charge in [0.1, 0.15) is 0 Å². The summed E-state index contributed by atoms with van der Waals surface area (Å²) in [7, 11) is -2.17. The van der Waals surface area contributed by atoms with Gasteiger partial charge in [-0.3, -0.25) is 0 Å². The first-order valence-corrected chi connectivity index (χ1v) is 4.88. The van der Waals surface area contributed by atoms with Crippen LogP contribution in [-0.4, -0.2) is 55.0 Å². The Morgan fingerprint density at radius 1 is 0.812 bits per heavy atom. The summed E-state index contributed by atoms with van der Waals surface area (Å²) < 4.78 is 0. The molecule has 0 aliphatic rings. The highest BCUT2D eigenvalue weighted by Crippen LogP contribution is 2.19. The minimum absolute atomic E-state index is 0.167. The lowest BCUT2D eigenvalue weighted by Crippen LogP contribution is -2.44. The highest BCUT2D eigenvalue weighted by molar-refractivity contribution is 6.30. The molecule has 6 nitrogen and oxygen atoms in total. The average Bonchev–Trinajstić information content (AvgIpc) is 1.76. The van der Waals surface area contributed by atoms with E-state index < -0.39 is 18.5 Å². The van der Waals surface area contributed by atoms with Gasteiger partial charge in [0, 0.05) is 6.10 Å². The summed E-state index contributed by atoms with van der Waals surface area (Å²) in [5.41, 5.74) is -2.01. The molecule has 0 unspecified atom stereocenters. The fourth-order valence-corrected chi connectivity index (χ4v) is 0. The molecule has 0 saturated carbocycles. The molecule has 0 aromatic carbocycles. The third kappa shape index (κ3) is 29.2. The van der Waals surface area contributed by atoms with E-state index in [0.29, 0.717) is 0 Å². The van der Waals surface area contributed by atoms with Crippen LogP contribution in [0.2, 0.25) is 0 Å². The van der Waals surface area contributed by atoms with Crippen molar-refractivity contribution >= 4 is 7.32 Å². The van der Waals surface area contributed by atoms with Crippen molar-refractivity contribution in [3.63, 3.8) is 0 Å². The highest BCUT2D eigenvalue weighted by Gasteiger charge is 2.31. The molecule has 0 fully saturated rings. The smallest absolute Gasteiger partial charge is 0.402 e. The number of rotatable bonds is 1. The monoisotopic (exact) mass is 240 g/mol. The topological polar surface area (TPSA) is 121 Å². The van der Waals surface area contributed by atoms with Crippen molar-refractivity contribution in [2.24, 2.45) is 0 Å². The molecule has 0 aliphatic heterocycles. The van der Waals surface area contributed by atoms with E-state index in [9.17, 15) is 0 Å².